The standard InChI is InChI=1S/C19H24N2O4S/c1-6-25-12-7-8-13(11(2)9-12)16-14(10-15(22)23)26-18(20-16)21-17(24)19(3,4)5/h7-9H,6,10H2,1-5H3,(H,22,23)(H,20,21,24). The van der Waals surface area contributed by atoms with E-state index < -0.39 is 11.4 Å². The van der Waals surface area contributed by atoms with Crippen molar-refractivity contribution in [2.45, 2.75) is 41.0 Å². The molecule has 140 valence electrons. The van der Waals surface area contributed by atoms with Gasteiger partial charge in [0.05, 0.1) is 18.7 Å². The lowest BCUT2D eigenvalue weighted by Gasteiger charge is -2.15. The fourth-order valence-electron chi connectivity index (χ4n) is 2.32. The van der Waals surface area contributed by atoms with Crippen molar-refractivity contribution in [3.8, 4) is 17.0 Å². The van der Waals surface area contributed by atoms with Crippen LogP contribution in [-0.2, 0) is 16.0 Å². The number of aromatic nitrogens is 1. The van der Waals surface area contributed by atoms with Gasteiger partial charge in [0.15, 0.2) is 5.13 Å². The minimum atomic E-state index is -0.938. The SMILES string of the molecule is CCOc1ccc(-c2nc(NC(=O)C(C)(C)C)sc2CC(=O)O)c(C)c1. The second kappa shape index (κ2) is 7.86. The van der Waals surface area contributed by atoms with Gasteiger partial charge < -0.3 is 15.2 Å². The fourth-order valence-corrected chi connectivity index (χ4v) is 3.28. The summed E-state index contributed by atoms with van der Waals surface area (Å²) in [6.45, 7) is 9.85. The zero-order valence-corrected chi connectivity index (χ0v) is 16.5. The van der Waals surface area contributed by atoms with Gasteiger partial charge in [-0.05, 0) is 37.6 Å². The third-order valence-corrected chi connectivity index (χ3v) is 4.65. The van der Waals surface area contributed by atoms with E-state index in [0.717, 1.165) is 16.9 Å². The average molecular weight is 376 g/mol. The summed E-state index contributed by atoms with van der Waals surface area (Å²) in [5, 5.41) is 12.4. The Kier molecular flexibility index (Phi) is 6.02. The number of carbonyl (C=O) groups is 2. The molecular formula is C19H24N2O4S. The number of benzene rings is 1. The van der Waals surface area contributed by atoms with Crippen LogP contribution < -0.4 is 10.1 Å². The average Bonchev–Trinajstić information content (AvgIpc) is 2.88. The maximum absolute atomic E-state index is 12.2. The van der Waals surface area contributed by atoms with Crippen molar-refractivity contribution in [3.63, 3.8) is 0 Å². The van der Waals surface area contributed by atoms with E-state index in [4.69, 9.17) is 4.74 Å². The normalized spacial score (nSPS) is 11.3. The largest absolute Gasteiger partial charge is 0.494 e. The Bertz CT molecular complexity index is 821. The van der Waals surface area contributed by atoms with Gasteiger partial charge in [-0.2, -0.15) is 0 Å². The number of nitrogens with zero attached hydrogens (tertiary/aromatic N) is 1. The van der Waals surface area contributed by atoms with Gasteiger partial charge in [0.25, 0.3) is 0 Å². The number of thiazole rings is 1. The van der Waals surface area contributed by atoms with E-state index in [9.17, 15) is 14.7 Å². The van der Waals surface area contributed by atoms with Crippen LogP contribution in [0.5, 0.6) is 5.75 Å². The first kappa shape index (κ1) is 19.9. The molecule has 1 aromatic heterocycles. The minimum Gasteiger partial charge on any atom is -0.494 e. The van der Waals surface area contributed by atoms with Crippen LogP contribution in [-0.4, -0.2) is 28.6 Å². The molecule has 2 N–H and O–H groups in total. The third-order valence-electron chi connectivity index (χ3n) is 3.67. The van der Waals surface area contributed by atoms with E-state index in [1.54, 1.807) is 0 Å². The molecule has 0 aliphatic heterocycles. The molecule has 0 spiro atoms. The van der Waals surface area contributed by atoms with Gasteiger partial charge in [0.2, 0.25) is 5.91 Å². The van der Waals surface area contributed by atoms with Crippen LogP contribution in [0.3, 0.4) is 0 Å². The summed E-state index contributed by atoms with van der Waals surface area (Å²) in [5.41, 5.74) is 1.79. The Hall–Kier alpha value is -2.41. The zero-order valence-electron chi connectivity index (χ0n) is 15.7. The number of aliphatic carboxylic acids is 1. The number of ether oxygens (including phenoxy) is 1. The Morgan fingerprint density at radius 2 is 2.00 bits per heavy atom. The van der Waals surface area contributed by atoms with E-state index in [1.807, 2.05) is 52.8 Å². The highest BCUT2D eigenvalue weighted by molar-refractivity contribution is 7.16. The number of carboxylic acids is 1. The summed E-state index contributed by atoms with van der Waals surface area (Å²) >= 11 is 1.20. The van der Waals surface area contributed by atoms with E-state index >= 15 is 0 Å². The lowest BCUT2D eigenvalue weighted by molar-refractivity contribution is -0.136. The molecule has 0 fully saturated rings. The van der Waals surface area contributed by atoms with Gasteiger partial charge >= 0.3 is 5.97 Å². The highest BCUT2D eigenvalue weighted by atomic mass is 32.1. The molecule has 0 radical (unpaired) electrons. The molecular weight excluding hydrogens is 352 g/mol. The van der Waals surface area contributed by atoms with Gasteiger partial charge in [-0.25, -0.2) is 4.98 Å². The van der Waals surface area contributed by atoms with Gasteiger partial charge in [-0.3, -0.25) is 9.59 Å². The van der Waals surface area contributed by atoms with Crippen molar-refractivity contribution in [1.82, 2.24) is 4.98 Å². The molecule has 6 nitrogen and oxygen atoms in total. The summed E-state index contributed by atoms with van der Waals surface area (Å²) < 4.78 is 5.50. The molecule has 0 atom stereocenters. The van der Waals surface area contributed by atoms with Crippen molar-refractivity contribution < 1.29 is 19.4 Å². The topological polar surface area (TPSA) is 88.5 Å². The monoisotopic (exact) mass is 376 g/mol. The Labute approximate surface area is 157 Å². The number of nitrogens with one attached hydrogen (secondary N) is 1. The number of hydrogen-bond donors (Lipinski definition) is 2. The molecule has 1 amide bonds. The van der Waals surface area contributed by atoms with Crippen molar-refractivity contribution in [2.24, 2.45) is 5.41 Å². The number of hydrogen-bond acceptors (Lipinski definition) is 5. The lowest BCUT2D eigenvalue weighted by atomic mass is 9.96. The number of amides is 1. The second-order valence-electron chi connectivity index (χ2n) is 6.98. The molecule has 0 aliphatic rings. The molecule has 0 bridgehead atoms. The van der Waals surface area contributed by atoms with E-state index in [0.29, 0.717) is 22.3 Å². The van der Waals surface area contributed by atoms with Crippen LogP contribution in [0.25, 0.3) is 11.3 Å². The van der Waals surface area contributed by atoms with Crippen LogP contribution >= 0.6 is 11.3 Å². The molecule has 7 heteroatoms. The smallest absolute Gasteiger partial charge is 0.308 e. The number of carboxylic acid groups (broad SMARTS) is 1. The Balaban J connectivity index is 2.43. The van der Waals surface area contributed by atoms with E-state index in [2.05, 4.69) is 10.3 Å². The Morgan fingerprint density at radius 1 is 1.31 bits per heavy atom. The van der Waals surface area contributed by atoms with E-state index in [1.165, 1.54) is 11.3 Å². The van der Waals surface area contributed by atoms with Gasteiger partial charge in [-0.1, -0.05) is 20.8 Å². The van der Waals surface area contributed by atoms with Crippen molar-refractivity contribution in [1.29, 1.82) is 0 Å². The number of anilines is 1. The Morgan fingerprint density at radius 3 is 2.54 bits per heavy atom. The highest BCUT2D eigenvalue weighted by Crippen LogP contribution is 2.35. The molecule has 0 aliphatic carbocycles. The van der Waals surface area contributed by atoms with Gasteiger partial charge in [0, 0.05) is 15.9 Å². The second-order valence-corrected chi connectivity index (χ2v) is 8.06. The lowest BCUT2D eigenvalue weighted by Crippen LogP contribution is -2.27. The predicted molar refractivity (Wildman–Crippen MR) is 103 cm³/mol. The van der Waals surface area contributed by atoms with E-state index in [-0.39, 0.29) is 12.3 Å². The molecule has 1 heterocycles. The molecule has 2 rings (SSSR count). The summed E-state index contributed by atoms with van der Waals surface area (Å²) in [5.74, 6) is -0.347. The molecule has 0 saturated heterocycles. The molecule has 0 unspecified atom stereocenters. The van der Waals surface area contributed by atoms with Crippen LogP contribution in [0.4, 0.5) is 5.13 Å². The first-order valence-electron chi connectivity index (χ1n) is 8.38. The fraction of sp³-hybridized carbons (Fsp3) is 0.421. The number of carbonyl (C=O) groups excluding carboxylic acids is 1. The van der Waals surface area contributed by atoms with Gasteiger partial charge in [-0.15, -0.1) is 11.3 Å². The van der Waals surface area contributed by atoms with Crippen molar-refractivity contribution in [3.05, 3.63) is 28.6 Å². The first-order chi connectivity index (χ1) is 12.1. The highest BCUT2D eigenvalue weighted by Gasteiger charge is 2.24. The van der Waals surface area contributed by atoms with Crippen LogP contribution in [0, 0.1) is 12.3 Å². The van der Waals surface area contributed by atoms with Crippen LogP contribution in [0.15, 0.2) is 18.2 Å². The zero-order chi connectivity index (χ0) is 19.5. The van der Waals surface area contributed by atoms with Crippen LogP contribution in [0.2, 0.25) is 0 Å². The maximum Gasteiger partial charge on any atom is 0.308 e. The summed E-state index contributed by atoms with van der Waals surface area (Å²) in [6, 6.07) is 5.61. The number of rotatable bonds is 6. The molecule has 2 aromatic rings. The first-order valence-corrected chi connectivity index (χ1v) is 9.20. The third kappa shape index (κ3) is 4.82. The molecule has 0 saturated carbocycles. The molecule has 1 aromatic carbocycles. The van der Waals surface area contributed by atoms with Gasteiger partial charge in [0.1, 0.15) is 5.75 Å². The molecule has 26 heavy (non-hydrogen) atoms. The predicted octanol–water partition coefficient (Wildman–Crippen LogP) is 4.13. The quantitative estimate of drug-likeness (QED) is 0.791. The summed E-state index contributed by atoms with van der Waals surface area (Å²) in [6.07, 6.45) is -0.148. The van der Waals surface area contributed by atoms with Crippen molar-refractivity contribution >= 4 is 28.3 Å². The maximum atomic E-state index is 12.2. The minimum absolute atomic E-state index is 0.148. The van der Waals surface area contributed by atoms with Crippen LogP contribution in [0.1, 0.15) is 38.1 Å². The summed E-state index contributed by atoms with van der Waals surface area (Å²) in [4.78, 5) is 28.6. The summed E-state index contributed by atoms with van der Waals surface area (Å²) in [7, 11) is 0. The van der Waals surface area contributed by atoms with Crippen molar-refractivity contribution in [2.75, 3.05) is 11.9 Å². The number of aryl methyl sites for hydroxylation is 1.